The minimum Gasteiger partial charge on any atom is -0.483 e. The summed E-state index contributed by atoms with van der Waals surface area (Å²) >= 11 is 0. The second kappa shape index (κ2) is 8.54. The van der Waals surface area contributed by atoms with Crippen LogP contribution in [0.5, 0.6) is 5.75 Å². The SMILES string of the molecule is Cc1ccc(C(C)C)cc1OCC(=O)Nc1ccc(S(=O)(=O)N(C)C)cc1. The van der Waals surface area contributed by atoms with Crippen LogP contribution in [0.4, 0.5) is 5.69 Å². The van der Waals surface area contributed by atoms with Crippen molar-refractivity contribution in [2.45, 2.75) is 31.6 Å². The summed E-state index contributed by atoms with van der Waals surface area (Å²) in [6, 6.07) is 12.0. The highest BCUT2D eigenvalue weighted by atomic mass is 32.2. The second-order valence-electron chi connectivity index (χ2n) is 6.83. The highest BCUT2D eigenvalue weighted by molar-refractivity contribution is 7.89. The number of hydrogen-bond donors (Lipinski definition) is 1. The minimum atomic E-state index is -3.49. The Hall–Kier alpha value is -2.38. The van der Waals surface area contributed by atoms with Gasteiger partial charge in [0.25, 0.3) is 5.91 Å². The summed E-state index contributed by atoms with van der Waals surface area (Å²) in [5.41, 5.74) is 2.62. The number of carbonyl (C=O) groups excluding carboxylic acids is 1. The molecule has 0 aliphatic rings. The molecule has 6 nitrogen and oxygen atoms in total. The van der Waals surface area contributed by atoms with Crippen molar-refractivity contribution in [1.82, 2.24) is 4.31 Å². The molecule has 0 unspecified atom stereocenters. The first-order chi connectivity index (χ1) is 12.6. The molecule has 0 radical (unpaired) electrons. The molecule has 0 saturated carbocycles. The van der Waals surface area contributed by atoms with E-state index in [2.05, 4.69) is 25.2 Å². The summed E-state index contributed by atoms with van der Waals surface area (Å²) in [7, 11) is -0.547. The van der Waals surface area contributed by atoms with Gasteiger partial charge < -0.3 is 10.1 Å². The van der Waals surface area contributed by atoms with E-state index in [1.165, 1.54) is 26.2 Å². The average molecular weight is 391 g/mol. The number of benzene rings is 2. The number of nitrogens with zero attached hydrogens (tertiary/aromatic N) is 1. The lowest BCUT2D eigenvalue weighted by atomic mass is 10.0. The van der Waals surface area contributed by atoms with E-state index in [1.807, 2.05) is 19.1 Å². The van der Waals surface area contributed by atoms with Gasteiger partial charge in [-0.2, -0.15) is 0 Å². The summed E-state index contributed by atoms with van der Waals surface area (Å²) in [4.78, 5) is 12.3. The van der Waals surface area contributed by atoms with Crippen LogP contribution in [-0.4, -0.2) is 39.3 Å². The number of hydrogen-bond acceptors (Lipinski definition) is 4. The molecule has 1 N–H and O–H groups in total. The number of amides is 1. The van der Waals surface area contributed by atoms with Gasteiger partial charge in [-0.3, -0.25) is 4.79 Å². The largest absolute Gasteiger partial charge is 0.483 e. The van der Waals surface area contributed by atoms with Gasteiger partial charge in [0.2, 0.25) is 10.0 Å². The van der Waals surface area contributed by atoms with Gasteiger partial charge in [0.05, 0.1) is 4.90 Å². The molecule has 27 heavy (non-hydrogen) atoms. The molecule has 0 fully saturated rings. The van der Waals surface area contributed by atoms with E-state index in [1.54, 1.807) is 12.1 Å². The Morgan fingerprint density at radius 1 is 1.11 bits per heavy atom. The van der Waals surface area contributed by atoms with E-state index in [0.29, 0.717) is 17.4 Å². The molecule has 2 aromatic carbocycles. The van der Waals surface area contributed by atoms with Crippen LogP contribution in [0.25, 0.3) is 0 Å². The van der Waals surface area contributed by atoms with E-state index in [-0.39, 0.29) is 17.4 Å². The monoisotopic (exact) mass is 390 g/mol. The maximum Gasteiger partial charge on any atom is 0.262 e. The molecule has 2 rings (SSSR count). The van der Waals surface area contributed by atoms with Crippen molar-refractivity contribution in [3.05, 3.63) is 53.6 Å². The summed E-state index contributed by atoms with van der Waals surface area (Å²) in [6.07, 6.45) is 0. The molecule has 0 bridgehead atoms. The number of rotatable bonds is 7. The second-order valence-corrected chi connectivity index (χ2v) is 8.98. The Morgan fingerprint density at radius 2 is 1.74 bits per heavy atom. The standard InChI is InChI=1S/C20H26N2O4S/c1-14(2)16-7-6-15(3)19(12-16)26-13-20(23)21-17-8-10-18(11-9-17)27(24,25)22(4)5/h6-12,14H,13H2,1-5H3,(H,21,23). The van der Waals surface area contributed by atoms with Crippen molar-refractivity contribution in [3.8, 4) is 5.75 Å². The van der Waals surface area contributed by atoms with Gasteiger partial charge in [-0.05, 0) is 54.3 Å². The molecule has 0 atom stereocenters. The third-order valence-corrected chi connectivity index (χ3v) is 5.98. The Morgan fingerprint density at radius 3 is 2.30 bits per heavy atom. The Kier molecular flexibility index (Phi) is 6.62. The average Bonchev–Trinajstić information content (AvgIpc) is 2.61. The molecule has 1 amide bonds. The van der Waals surface area contributed by atoms with Crippen LogP contribution in [-0.2, 0) is 14.8 Å². The Balaban J connectivity index is 2.00. The first-order valence-electron chi connectivity index (χ1n) is 8.67. The first-order valence-corrected chi connectivity index (χ1v) is 10.1. The lowest BCUT2D eigenvalue weighted by Crippen LogP contribution is -2.22. The van der Waals surface area contributed by atoms with Crippen LogP contribution in [0, 0.1) is 6.92 Å². The zero-order valence-electron chi connectivity index (χ0n) is 16.3. The predicted molar refractivity (Wildman–Crippen MR) is 107 cm³/mol. The van der Waals surface area contributed by atoms with Crippen LogP contribution in [0.2, 0.25) is 0 Å². The van der Waals surface area contributed by atoms with Gasteiger partial charge in [0, 0.05) is 19.8 Å². The van der Waals surface area contributed by atoms with Crippen molar-refractivity contribution >= 4 is 21.6 Å². The maximum atomic E-state index is 12.1. The fourth-order valence-corrected chi connectivity index (χ4v) is 3.29. The van der Waals surface area contributed by atoms with Gasteiger partial charge >= 0.3 is 0 Å². The van der Waals surface area contributed by atoms with Gasteiger partial charge in [-0.25, -0.2) is 12.7 Å². The van der Waals surface area contributed by atoms with Crippen LogP contribution < -0.4 is 10.1 Å². The molecule has 0 aromatic heterocycles. The van der Waals surface area contributed by atoms with Gasteiger partial charge in [-0.1, -0.05) is 26.0 Å². The number of carbonyl (C=O) groups is 1. The highest BCUT2D eigenvalue weighted by Crippen LogP contribution is 2.24. The van der Waals surface area contributed by atoms with Crippen molar-refractivity contribution in [2.24, 2.45) is 0 Å². The van der Waals surface area contributed by atoms with Crippen molar-refractivity contribution in [2.75, 3.05) is 26.0 Å². The van der Waals surface area contributed by atoms with E-state index < -0.39 is 10.0 Å². The van der Waals surface area contributed by atoms with Crippen LogP contribution in [0.15, 0.2) is 47.4 Å². The lowest BCUT2D eigenvalue weighted by molar-refractivity contribution is -0.118. The maximum absolute atomic E-state index is 12.1. The molecule has 0 aliphatic heterocycles. The zero-order chi connectivity index (χ0) is 20.2. The number of aryl methyl sites for hydroxylation is 1. The molecular weight excluding hydrogens is 364 g/mol. The summed E-state index contributed by atoms with van der Waals surface area (Å²) in [5, 5.41) is 2.70. The Bertz CT molecular complexity index is 904. The van der Waals surface area contributed by atoms with Crippen molar-refractivity contribution in [3.63, 3.8) is 0 Å². The quantitative estimate of drug-likeness (QED) is 0.786. The lowest BCUT2D eigenvalue weighted by Gasteiger charge is -2.13. The molecule has 0 spiro atoms. The fourth-order valence-electron chi connectivity index (χ4n) is 2.39. The van der Waals surface area contributed by atoms with E-state index in [0.717, 1.165) is 15.4 Å². The highest BCUT2D eigenvalue weighted by Gasteiger charge is 2.16. The third-order valence-electron chi connectivity index (χ3n) is 4.15. The molecule has 7 heteroatoms. The summed E-state index contributed by atoms with van der Waals surface area (Å²) in [6.45, 7) is 6.00. The third kappa shape index (κ3) is 5.30. The van der Waals surface area contributed by atoms with E-state index in [4.69, 9.17) is 4.74 Å². The fraction of sp³-hybridized carbons (Fsp3) is 0.350. The van der Waals surface area contributed by atoms with Crippen LogP contribution in [0.3, 0.4) is 0 Å². The zero-order valence-corrected chi connectivity index (χ0v) is 17.1. The summed E-state index contributed by atoms with van der Waals surface area (Å²) in [5.74, 6) is 0.745. The molecule has 0 saturated heterocycles. The predicted octanol–water partition coefficient (Wildman–Crippen LogP) is 3.39. The first kappa shape index (κ1) is 20.9. The Labute approximate surface area is 161 Å². The number of anilines is 1. The van der Waals surface area contributed by atoms with Crippen LogP contribution >= 0.6 is 0 Å². The number of nitrogens with one attached hydrogen (secondary N) is 1. The molecular formula is C20H26N2O4S. The van der Waals surface area contributed by atoms with Crippen LogP contribution in [0.1, 0.15) is 30.9 Å². The molecule has 0 heterocycles. The smallest absolute Gasteiger partial charge is 0.262 e. The summed E-state index contributed by atoms with van der Waals surface area (Å²) < 4.78 is 30.9. The van der Waals surface area contributed by atoms with Gasteiger partial charge in [0.1, 0.15) is 5.75 Å². The molecule has 2 aromatic rings. The van der Waals surface area contributed by atoms with E-state index >= 15 is 0 Å². The molecule has 0 aliphatic carbocycles. The van der Waals surface area contributed by atoms with Crippen molar-refractivity contribution < 1.29 is 17.9 Å². The number of ether oxygens (including phenoxy) is 1. The normalized spacial score (nSPS) is 11.7. The van der Waals surface area contributed by atoms with E-state index in [9.17, 15) is 13.2 Å². The van der Waals surface area contributed by atoms with Gasteiger partial charge in [-0.15, -0.1) is 0 Å². The van der Waals surface area contributed by atoms with Crippen molar-refractivity contribution in [1.29, 1.82) is 0 Å². The topological polar surface area (TPSA) is 75.7 Å². The molecule has 146 valence electrons. The minimum absolute atomic E-state index is 0.125. The number of sulfonamides is 1. The van der Waals surface area contributed by atoms with Gasteiger partial charge in [0.15, 0.2) is 6.61 Å².